The highest BCUT2D eigenvalue weighted by Gasteiger charge is 2.20. The number of thioether (sulfide) groups is 1. The van der Waals surface area contributed by atoms with Crippen molar-refractivity contribution in [2.45, 2.75) is 9.79 Å². The van der Waals surface area contributed by atoms with E-state index in [4.69, 9.17) is 11.6 Å². The largest absolute Gasteiger partial charge is 0.279 e. The number of nitro benzene ring substituents is 1. The molecule has 0 unspecified atom stereocenters. The number of non-ortho nitro benzene ring substituents is 1. The summed E-state index contributed by atoms with van der Waals surface area (Å²) >= 11 is 7.12. The Morgan fingerprint density at radius 2 is 1.95 bits per heavy atom. The van der Waals surface area contributed by atoms with Crippen molar-refractivity contribution in [1.29, 1.82) is 0 Å². The van der Waals surface area contributed by atoms with Crippen LogP contribution in [0.15, 0.2) is 52.3 Å². The second-order valence-electron chi connectivity index (χ2n) is 4.21. The van der Waals surface area contributed by atoms with Gasteiger partial charge in [0.15, 0.2) is 0 Å². The Labute approximate surface area is 136 Å². The summed E-state index contributed by atoms with van der Waals surface area (Å²) in [5.74, 6) is 0. The fourth-order valence-corrected chi connectivity index (χ4v) is 4.20. The Balaban J connectivity index is 2.42. The zero-order valence-electron chi connectivity index (χ0n) is 11.3. The van der Waals surface area contributed by atoms with E-state index in [2.05, 4.69) is 4.72 Å². The number of hydrogen-bond donors (Lipinski definition) is 1. The van der Waals surface area contributed by atoms with Gasteiger partial charge in [0.05, 0.1) is 10.6 Å². The first-order chi connectivity index (χ1) is 10.3. The topological polar surface area (TPSA) is 89.3 Å². The van der Waals surface area contributed by atoms with E-state index in [0.717, 1.165) is 6.07 Å². The van der Waals surface area contributed by atoms with E-state index in [1.807, 2.05) is 0 Å². The van der Waals surface area contributed by atoms with Gasteiger partial charge in [-0.05, 0) is 30.5 Å². The molecule has 22 heavy (non-hydrogen) atoms. The van der Waals surface area contributed by atoms with Gasteiger partial charge >= 0.3 is 0 Å². The van der Waals surface area contributed by atoms with Crippen LogP contribution in [0.3, 0.4) is 0 Å². The van der Waals surface area contributed by atoms with E-state index in [0.29, 0.717) is 4.90 Å². The second-order valence-corrected chi connectivity index (χ2v) is 7.14. The molecule has 0 heterocycles. The van der Waals surface area contributed by atoms with Crippen molar-refractivity contribution < 1.29 is 13.3 Å². The number of hydrogen-bond acceptors (Lipinski definition) is 5. The summed E-state index contributed by atoms with van der Waals surface area (Å²) in [6.07, 6.45) is 1.75. The molecule has 1 N–H and O–H groups in total. The zero-order chi connectivity index (χ0) is 16.3. The van der Waals surface area contributed by atoms with Crippen molar-refractivity contribution in [2.75, 3.05) is 11.0 Å². The van der Waals surface area contributed by atoms with E-state index in [9.17, 15) is 18.5 Å². The van der Waals surface area contributed by atoms with Crippen LogP contribution in [0.2, 0.25) is 5.02 Å². The average Bonchev–Trinajstić information content (AvgIpc) is 2.47. The van der Waals surface area contributed by atoms with Crippen LogP contribution in [-0.2, 0) is 10.0 Å². The predicted octanol–water partition coefficient (Wildman–Crippen LogP) is 3.77. The number of nitro groups is 1. The molecule has 0 aromatic heterocycles. The van der Waals surface area contributed by atoms with Gasteiger partial charge < -0.3 is 0 Å². The molecule has 0 saturated carbocycles. The Hall–Kier alpha value is -1.77. The Bertz CT molecular complexity index is 825. The Morgan fingerprint density at radius 3 is 2.59 bits per heavy atom. The molecule has 0 aliphatic rings. The highest BCUT2D eigenvalue weighted by molar-refractivity contribution is 7.99. The summed E-state index contributed by atoms with van der Waals surface area (Å²) in [5, 5.41) is 11.0. The van der Waals surface area contributed by atoms with Gasteiger partial charge in [-0.15, -0.1) is 11.8 Å². The van der Waals surface area contributed by atoms with Gasteiger partial charge in [0.25, 0.3) is 15.7 Å². The fraction of sp³-hybridized carbons (Fsp3) is 0.0769. The van der Waals surface area contributed by atoms with Gasteiger partial charge in [-0.1, -0.05) is 17.7 Å². The van der Waals surface area contributed by atoms with Crippen molar-refractivity contribution in [1.82, 2.24) is 0 Å². The first-order valence-electron chi connectivity index (χ1n) is 5.94. The van der Waals surface area contributed by atoms with Crippen molar-refractivity contribution >= 4 is 44.8 Å². The molecule has 0 radical (unpaired) electrons. The third-order valence-corrected chi connectivity index (χ3v) is 5.31. The van der Waals surface area contributed by atoms with Gasteiger partial charge in [-0.25, -0.2) is 8.42 Å². The number of sulfonamides is 1. The lowest BCUT2D eigenvalue weighted by molar-refractivity contribution is -0.384. The molecule has 0 bridgehead atoms. The minimum absolute atomic E-state index is 0.0269. The summed E-state index contributed by atoms with van der Waals surface area (Å²) in [5.41, 5.74) is -0.0855. The second kappa shape index (κ2) is 6.55. The van der Waals surface area contributed by atoms with Crippen LogP contribution in [0.4, 0.5) is 11.4 Å². The lowest BCUT2D eigenvalue weighted by Crippen LogP contribution is -2.14. The average molecular weight is 359 g/mol. The molecule has 116 valence electrons. The molecule has 0 saturated heterocycles. The van der Waals surface area contributed by atoms with E-state index >= 15 is 0 Å². The van der Waals surface area contributed by atoms with Crippen LogP contribution in [-0.4, -0.2) is 19.6 Å². The zero-order valence-corrected chi connectivity index (χ0v) is 13.7. The van der Waals surface area contributed by atoms with Crippen LogP contribution < -0.4 is 4.72 Å². The fourth-order valence-electron chi connectivity index (χ4n) is 1.75. The van der Waals surface area contributed by atoms with Crippen molar-refractivity contribution in [3.63, 3.8) is 0 Å². The third kappa shape index (κ3) is 3.70. The molecule has 0 fully saturated rings. The van der Waals surface area contributed by atoms with Crippen LogP contribution >= 0.6 is 23.4 Å². The quantitative estimate of drug-likeness (QED) is 0.499. The minimum Gasteiger partial charge on any atom is -0.279 e. The maximum atomic E-state index is 12.5. The molecule has 2 rings (SSSR count). The highest BCUT2D eigenvalue weighted by Crippen LogP contribution is 2.29. The minimum atomic E-state index is -3.90. The summed E-state index contributed by atoms with van der Waals surface area (Å²) < 4.78 is 27.3. The summed E-state index contributed by atoms with van der Waals surface area (Å²) in [6, 6.07) is 9.82. The molecule has 6 nitrogen and oxygen atoms in total. The molecule has 2 aromatic carbocycles. The summed E-state index contributed by atoms with van der Waals surface area (Å²) in [6.45, 7) is 0. The first-order valence-corrected chi connectivity index (χ1v) is 9.03. The monoisotopic (exact) mass is 358 g/mol. The number of anilines is 1. The number of benzene rings is 2. The van der Waals surface area contributed by atoms with Gasteiger partial charge in [0.1, 0.15) is 4.90 Å². The number of halogens is 1. The molecule has 2 aromatic rings. The van der Waals surface area contributed by atoms with Crippen LogP contribution in [0.25, 0.3) is 0 Å². The smallest absolute Gasteiger partial charge is 0.271 e. The molecule has 0 atom stereocenters. The number of nitrogens with one attached hydrogen (secondary N) is 1. The van der Waals surface area contributed by atoms with Crippen LogP contribution in [0, 0.1) is 10.1 Å². The SMILES string of the molecule is CSc1ccc(Cl)cc1S(=O)(=O)Nc1cccc([N+](=O)[O-])c1. The molecular formula is C13H11ClN2O4S2. The molecule has 0 amide bonds. The van der Waals surface area contributed by atoms with Crippen LogP contribution in [0.5, 0.6) is 0 Å². The van der Waals surface area contributed by atoms with E-state index in [1.165, 1.54) is 36.0 Å². The van der Waals surface area contributed by atoms with Gasteiger partial charge in [-0.2, -0.15) is 0 Å². The van der Waals surface area contributed by atoms with Gasteiger partial charge in [0, 0.05) is 22.1 Å². The normalized spacial score (nSPS) is 11.2. The molecule has 9 heteroatoms. The molecular weight excluding hydrogens is 348 g/mol. The maximum absolute atomic E-state index is 12.5. The standard InChI is InChI=1S/C13H11ClN2O4S2/c1-21-12-6-5-9(14)7-13(12)22(19,20)15-10-3-2-4-11(8-10)16(17)18/h2-8,15H,1H3. The lowest BCUT2D eigenvalue weighted by Gasteiger charge is -2.11. The molecule has 0 aliphatic heterocycles. The lowest BCUT2D eigenvalue weighted by atomic mass is 10.3. The van der Waals surface area contributed by atoms with E-state index in [-0.39, 0.29) is 21.3 Å². The van der Waals surface area contributed by atoms with Crippen LogP contribution in [0.1, 0.15) is 0 Å². The predicted molar refractivity (Wildman–Crippen MR) is 87.1 cm³/mol. The van der Waals surface area contributed by atoms with Gasteiger partial charge in [-0.3, -0.25) is 14.8 Å². The Morgan fingerprint density at radius 1 is 1.23 bits per heavy atom. The van der Waals surface area contributed by atoms with Crippen molar-refractivity contribution in [3.05, 3.63) is 57.6 Å². The summed E-state index contributed by atoms with van der Waals surface area (Å²) in [7, 11) is -3.90. The molecule has 0 aliphatic carbocycles. The van der Waals surface area contributed by atoms with E-state index in [1.54, 1.807) is 18.4 Å². The first kappa shape index (κ1) is 16.6. The van der Waals surface area contributed by atoms with E-state index < -0.39 is 14.9 Å². The summed E-state index contributed by atoms with van der Waals surface area (Å²) in [4.78, 5) is 10.7. The highest BCUT2D eigenvalue weighted by atomic mass is 35.5. The van der Waals surface area contributed by atoms with Crippen molar-refractivity contribution in [3.8, 4) is 0 Å². The number of rotatable bonds is 5. The maximum Gasteiger partial charge on any atom is 0.271 e. The molecule has 0 spiro atoms. The van der Waals surface area contributed by atoms with Crippen molar-refractivity contribution in [2.24, 2.45) is 0 Å². The number of nitrogens with zero attached hydrogens (tertiary/aromatic N) is 1. The van der Waals surface area contributed by atoms with Gasteiger partial charge in [0.2, 0.25) is 0 Å². The third-order valence-electron chi connectivity index (χ3n) is 2.72. The Kier molecular flexibility index (Phi) is 4.94.